The summed E-state index contributed by atoms with van der Waals surface area (Å²) in [7, 11) is 0. The second-order valence-electron chi connectivity index (χ2n) is 7.84. The zero-order valence-corrected chi connectivity index (χ0v) is 18.2. The SMILES string of the molecule is CC[C@H]1CC[C@H](N(C(=O)Nc2ncc(SCCC(=O)O)s2)C2CCCC2)CC1. The largest absolute Gasteiger partial charge is 0.481 e. The lowest BCUT2D eigenvalue weighted by Crippen LogP contribution is -2.49. The van der Waals surface area contributed by atoms with Crippen molar-refractivity contribution in [1.29, 1.82) is 0 Å². The number of urea groups is 1. The van der Waals surface area contributed by atoms with Crippen molar-refractivity contribution >= 4 is 40.2 Å². The van der Waals surface area contributed by atoms with Gasteiger partial charge in [0.1, 0.15) is 0 Å². The van der Waals surface area contributed by atoms with E-state index >= 15 is 0 Å². The van der Waals surface area contributed by atoms with E-state index in [4.69, 9.17) is 5.11 Å². The van der Waals surface area contributed by atoms with Crippen LogP contribution in [0.2, 0.25) is 0 Å². The number of anilines is 1. The molecule has 2 fully saturated rings. The number of aliphatic carboxylic acids is 1. The number of thioether (sulfide) groups is 1. The highest BCUT2D eigenvalue weighted by Gasteiger charge is 2.35. The summed E-state index contributed by atoms with van der Waals surface area (Å²) in [5, 5.41) is 12.4. The summed E-state index contributed by atoms with van der Waals surface area (Å²) in [5.74, 6) is 0.532. The standard InChI is InChI=1S/C20H31N3O3S2/c1-2-14-7-9-16(10-8-14)23(15-5-3-4-6-15)20(26)22-19-21-13-18(28-19)27-12-11-17(24)25/h13-16H,2-12H2,1H3,(H,24,25)(H,21,22,26)/t14-,16-. The van der Waals surface area contributed by atoms with Crippen molar-refractivity contribution in [3.8, 4) is 0 Å². The molecule has 0 atom stereocenters. The van der Waals surface area contributed by atoms with Crippen LogP contribution in [0.1, 0.15) is 71.1 Å². The highest BCUT2D eigenvalue weighted by atomic mass is 32.2. The van der Waals surface area contributed by atoms with E-state index in [0.717, 1.165) is 35.8 Å². The average Bonchev–Trinajstić information content (AvgIpc) is 3.35. The first-order valence-electron chi connectivity index (χ1n) is 10.5. The quantitative estimate of drug-likeness (QED) is 0.541. The minimum atomic E-state index is -0.796. The van der Waals surface area contributed by atoms with Crippen LogP contribution in [0.15, 0.2) is 10.4 Å². The topological polar surface area (TPSA) is 82.5 Å². The highest BCUT2D eigenvalue weighted by molar-refractivity contribution is 8.01. The van der Waals surface area contributed by atoms with Crippen molar-refractivity contribution < 1.29 is 14.7 Å². The summed E-state index contributed by atoms with van der Waals surface area (Å²) in [5.41, 5.74) is 0. The lowest BCUT2D eigenvalue weighted by molar-refractivity contribution is -0.136. The molecular weight excluding hydrogens is 394 g/mol. The Balaban J connectivity index is 1.60. The van der Waals surface area contributed by atoms with Crippen LogP contribution >= 0.6 is 23.1 Å². The van der Waals surface area contributed by atoms with Crippen LogP contribution in [0.3, 0.4) is 0 Å². The van der Waals surface area contributed by atoms with Crippen molar-refractivity contribution in [3.63, 3.8) is 0 Å². The number of carbonyl (C=O) groups excluding carboxylic acids is 1. The Morgan fingerprint density at radius 3 is 2.54 bits per heavy atom. The molecule has 2 amide bonds. The predicted molar refractivity (Wildman–Crippen MR) is 114 cm³/mol. The molecule has 0 radical (unpaired) electrons. The lowest BCUT2D eigenvalue weighted by atomic mass is 9.83. The molecule has 28 heavy (non-hydrogen) atoms. The molecule has 2 aliphatic rings. The van der Waals surface area contributed by atoms with Crippen molar-refractivity contribution in [2.75, 3.05) is 11.1 Å². The van der Waals surface area contributed by atoms with E-state index in [1.807, 2.05) is 0 Å². The Hall–Kier alpha value is -1.28. The van der Waals surface area contributed by atoms with Crippen molar-refractivity contribution in [3.05, 3.63) is 6.20 Å². The molecule has 0 aromatic carbocycles. The maximum atomic E-state index is 13.2. The summed E-state index contributed by atoms with van der Waals surface area (Å²) >= 11 is 2.90. The van der Waals surface area contributed by atoms with Gasteiger partial charge in [-0.3, -0.25) is 10.1 Å². The van der Waals surface area contributed by atoms with Crippen molar-refractivity contribution in [1.82, 2.24) is 9.88 Å². The van der Waals surface area contributed by atoms with Crippen LogP contribution in [0, 0.1) is 5.92 Å². The lowest BCUT2D eigenvalue weighted by Gasteiger charge is -2.40. The molecule has 1 heterocycles. The zero-order valence-electron chi connectivity index (χ0n) is 16.6. The van der Waals surface area contributed by atoms with E-state index in [-0.39, 0.29) is 12.5 Å². The maximum Gasteiger partial charge on any atom is 0.324 e. The summed E-state index contributed by atoms with van der Waals surface area (Å²) < 4.78 is 0.937. The Kier molecular flexibility index (Phi) is 8.02. The number of nitrogens with zero attached hydrogens (tertiary/aromatic N) is 2. The van der Waals surface area contributed by atoms with Gasteiger partial charge in [-0.25, -0.2) is 9.78 Å². The molecule has 3 rings (SSSR count). The number of amides is 2. The smallest absolute Gasteiger partial charge is 0.324 e. The van der Waals surface area contributed by atoms with E-state index in [2.05, 4.69) is 22.1 Å². The molecule has 2 N–H and O–H groups in total. The molecule has 0 bridgehead atoms. The minimum Gasteiger partial charge on any atom is -0.481 e. The maximum absolute atomic E-state index is 13.2. The van der Waals surface area contributed by atoms with Gasteiger partial charge >= 0.3 is 12.0 Å². The number of hydrogen-bond donors (Lipinski definition) is 2. The minimum absolute atomic E-state index is 0.0108. The van der Waals surface area contributed by atoms with Gasteiger partial charge in [0, 0.05) is 17.8 Å². The first-order chi connectivity index (χ1) is 13.6. The third kappa shape index (κ3) is 5.86. The number of rotatable bonds is 8. The number of carbonyl (C=O) groups is 2. The normalized spacial score (nSPS) is 22.9. The number of thiazole rings is 1. The van der Waals surface area contributed by atoms with E-state index in [9.17, 15) is 9.59 Å². The number of carboxylic acids is 1. The molecular formula is C20H31N3O3S2. The molecule has 2 aliphatic carbocycles. The summed E-state index contributed by atoms with van der Waals surface area (Å²) in [6.07, 6.45) is 12.4. The van der Waals surface area contributed by atoms with Crippen LogP contribution in [0.4, 0.5) is 9.93 Å². The van der Waals surface area contributed by atoms with Crippen molar-refractivity contribution in [2.24, 2.45) is 5.92 Å². The van der Waals surface area contributed by atoms with Gasteiger partial charge in [-0.1, -0.05) is 37.5 Å². The average molecular weight is 426 g/mol. The third-order valence-corrected chi connectivity index (χ3v) is 8.11. The van der Waals surface area contributed by atoms with E-state index < -0.39 is 5.97 Å². The summed E-state index contributed by atoms with van der Waals surface area (Å²) in [6, 6.07) is 0.686. The highest BCUT2D eigenvalue weighted by Crippen LogP contribution is 2.35. The second-order valence-corrected chi connectivity index (χ2v) is 10.3. The molecule has 0 aliphatic heterocycles. The molecule has 1 aromatic rings. The number of aromatic nitrogens is 1. The first kappa shape index (κ1) is 21.4. The Morgan fingerprint density at radius 2 is 1.89 bits per heavy atom. The molecule has 6 nitrogen and oxygen atoms in total. The molecule has 0 unspecified atom stereocenters. The Morgan fingerprint density at radius 1 is 1.21 bits per heavy atom. The van der Waals surface area contributed by atoms with Crippen LogP contribution in [-0.4, -0.2) is 44.8 Å². The van der Waals surface area contributed by atoms with Crippen molar-refractivity contribution in [2.45, 2.75) is 87.4 Å². The zero-order chi connectivity index (χ0) is 19.9. The molecule has 156 valence electrons. The fraction of sp³-hybridized carbons (Fsp3) is 0.750. The van der Waals surface area contributed by atoms with Gasteiger partial charge in [-0.2, -0.15) is 0 Å². The molecule has 1 aromatic heterocycles. The van der Waals surface area contributed by atoms with Gasteiger partial charge in [-0.05, 0) is 44.4 Å². The molecule has 0 spiro atoms. The van der Waals surface area contributed by atoms with Crippen LogP contribution in [-0.2, 0) is 4.79 Å². The number of nitrogens with one attached hydrogen (secondary N) is 1. The fourth-order valence-electron chi connectivity index (χ4n) is 4.42. The van der Waals surface area contributed by atoms with Gasteiger partial charge in [-0.15, -0.1) is 11.8 Å². The van der Waals surface area contributed by atoms with E-state index in [1.54, 1.807) is 6.20 Å². The Labute approximate surface area is 175 Å². The van der Waals surface area contributed by atoms with Gasteiger partial charge in [0.15, 0.2) is 5.13 Å². The first-order valence-corrected chi connectivity index (χ1v) is 12.3. The summed E-state index contributed by atoms with van der Waals surface area (Å²) in [6.45, 7) is 2.26. The van der Waals surface area contributed by atoms with Crippen LogP contribution in [0.5, 0.6) is 0 Å². The van der Waals surface area contributed by atoms with E-state index in [0.29, 0.717) is 23.0 Å². The van der Waals surface area contributed by atoms with Gasteiger partial charge in [0.2, 0.25) is 0 Å². The molecule has 8 heteroatoms. The van der Waals surface area contributed by atoms with Crippen LogP contribution < -0.4 is 5.32 Å². The number of hydrogen-bond acceptors (Lipinski definition) is 5. The summed E-state index contributed by atoms with van der Waals surface area (Å²) in [4.78, 5) is 30.3. The second kappa shape index (κ2) is 10.5. The number of carboxylic acid groups (broad SMARTS) is 1. The molecule has 0 saturated heterocycles. The van der Waals surface area contributed by atoms with Gasteiger partial charge in [0.05, 0.1) is 16.8 Å². The fourth-order valence-corrected chi connectivity index (χ4v) is 6.29. The van der Waals surface area contributed by atoms with Gasteiger partial charge in [0.25, 0.3) is 0 Å². The van der Waals surface area contributed by atoms with E-state index in [1.165, 1.54) is 55.2 Å². The molecule has 2 saturated carbocycles. The monoisotopic (exact) mass is 425 g/mol. The Bertz CT molecular complexity index is 653. The predicted octanol–water partition coefficient (Wildman–Crippen LogP) is 5.46. The van der Waals surface area contributed by atoms with Crippen LogP contribution in [0.25, 0.3) is 0 Å². The van der Waals surface area contributed by atoms with Gasteiger partial charge < -0.3 is 10.0 Å². The third-order valence-electron chi connectivity index (χ3n) is 6.00.